The Labute approximate surface area is 196 Å². The maximum absolute atomic E-state index is 13.4. The maximum Gasteiger partial charge on any atom is 0.261 e. The molecule has 0 saturated carbocycles. The molecular weight excluding hydrogens is 434 g/mol. The summed E-state index contributed by atoms with van der Waals surface area (Å²) < 4.78 is 17.0. The van der Waals surface area contributed by atoms with E-state index in [-0.39, 0.29) is 17.7 Å². The van der Waals surface area contributed by atoms with Crippen molar-refractivity contribution in [3.05, 3.63) is 83.2 Å². The summed E-state index contributed by atoms with van der Waals surface area (Å²) in [6, 6.07) is 16.0. The quantitative estimate of drug-likeness (QED) is 0.421. The number of nitrogens with one attached hydrogen (secondary N) is 1. The Morgan fingerprint density at radius 1 is 1.18 bits per heavy atom. The SMILES string of the molecule is CCOc1ccccc1NC(=O)c1cc2c(CO)cnc(C)c2oc1=Nc1cccc(OC)c1. The van der Waals surface area contributed by atoms with Crippen LogP contribution in [0.2, 0.25) is 0 Å². The molecule has 2 N–H and O–H groups in total. The predicted molar refractivity (Wildman–Crippen MR) is 128 cm³/mol. The molecule has 174 valence electrons. The van der Waals surface area contributed by atoms with Crippen LogP contribution in [0.15, 0.2) is 70.2 Å². The maximum atomic E-state index is 13.4. The Morgan fingerprint density at radius 2 is 2.00 bits per heavy atom. The molecule has 0 aliphatic rings. The zero-order valence-electron chi connectivity index (χ0n) is 19.2. The van der Waals surface area contributed by atoms with E-state index in [4.69, 9.17) is 13.9 Å². The van der Waals surface area contributed by atoms with Gasteiger partial charge in [0.1, 0.15) is 17.1 Å². The van der Waals surface area contributed by atoms with Crippen LogP contribution in [0, 0.1) is 6.92 Å². The van der Waals surface area contributed by atoms with Crippen LogP contribution in [0.1, 0.15) is 28.5 Å². The number of aryl methyl sites for hydroxylation is 1. The number of aromatic nitrogens is 1. The van der Waals surface area contributed by atoms with Crippen molar-refractivity contribution in [2.45, 2.75) is 20.5 Å². The number of ether oxygens (including phenoxy) is 2. The molecule has 8 heteroatoms. The van der Waals surface area contributed by atoms with Crippen LogP contribution < -0.4 is 20.3 Å². The number of carbonyl (C=O) groups is 1. The predicted octanol–water partition coefficient (Wildman–Crippen LogP) is 4.52. The van der Waals surface area contributed by atoms with Gasteiger partial charge in [-0.15, -0.1) is 0 Å². The number of fused-ring (bicyclic) bond motifs is 1. The molecule has 0 radical (unpaired) electrons. The molecule has 0 aliphatic heterocycles. The van der Waals surface area contributed by atoms with Crippen molar-refractivity contribution in [1.82, 2.24) is 4.98 Å². The van der Waals surface area contributed by atoms with Gasteiger partial charge in [0.15, 0.2) is 5.58 Å². The van der Waals surface area contributed by atoms with Gasteiger partial charge in [0.05, 0.1) is 37.4 Å². The lowest BCUT2D eigenvalue weighted by molar-refractivity contribution is 0.102. The van der Waals surface area contributed by atoms with Crippen LogP contribution in [0.25, 0.3) is 11.0 Å². The Morgan fingerprint density at radius 3 is 2.76 bits per heavy atom. The number of aliphatic hydroxyl groups excluding tert-OH is 1. The summed E-state index contributed by atoms with van der Waals surface area (Å²) in [5, 5.41) is 13.3. The average Bonchev–Trinajstić information content (AvgIpc) is 2.85. The number of carbonyl (C=O) groups excluding carboxylic acids is 1. The number of amides is 1. The molecule has 2 aromatic heterocycles. The molecule has 0 saturated heterocycles. The summed E-state index contributed by atoms with van der Waals surface area (Å²) in [5.74, 6) is 0.746. The first-order chi connectivity index (χ1) is 16.5. The van der Waals surface area contributed by atoms with Crippen LogP contribution in [0.3, 0.4) is 0 Å². The third-order valence-corrected chi connectivity index (χ3v) is 5.19. The minimum absolute atomic E-state index is 0.104. The van der Waals surface area contributed by atoms with Gasteiger partial charge < -0.3 is 24.3 Å². The minimum atomic E-state index is -0.433. The lowest BCUT2D eigenvalue weighted by atomic mass is 10.1. The summed E-state index contributed by atoms with van der Waals surface area (Å²) in [6.45, 7) is 3.87. The first-order valence-corrected chi connectivity index (χ1v) is 10.8. The number of hydrogen-bond acceptors (Lipinski definition) is 7. The number of nitrogens with zero attached hydrogens (tertiary/aromatic N) is 2. The summed E-state index contributed by atoms with van der Waals surface area (Å²) >= 11 is 0. The van der Waals surface area contributed by atoms with E-state index in [1.165, 1.54) is 0 Å². The standard InChI is InChI=1S/C26H25N3O5/c1-4-33-23-11-6-5-10-22(23)29-25(31)21-13-20-17(15-30)14-27-16(2)24(20)34-26(21)28-18-8-7-9-19(12-18)32-3/h5-14,30H,4,15H2,1-3H3,(H,29,31). The van der Waals surface area contributed by atoms with Crippen LogP contribution >= 0.6 is 0 Å². The molecule has 0 atom stereocenters. The van der Waals surface area contributed by atoms with Crippen LogP contribution in [-0.4, -0.2) is 29.7 Å². The highest BCUT2D eigenvalue weighted by atomic mass is 16.5. The van der Waals surface area contributed by atoms with E-state index in [2.05, 4.69) is 15.3 Å². The summed E-state index contributed by atoms with van der Waals surface area (Å²) in [7, 11) is 1.57. The molecule has 2 heterocycles. The molecule has 0 spiro atoms. The van der Waals surface area contributed by atoms with Crippen LogP contribution in [0.4, 0.5) is 11.4 Å². The zero-order chi connectivity index (χ0) is 24.1. The van der Waals surface area contributed by atoms with E-state index in [0.717, 1.165) is 0 Å². The van der Waals surface area contributed by atoms with Crippen molar-refractivity contribution in [2.75, 3.05) is 19.0 Å². The molecule has 34 heavy (non-hydrogen) atoms. The first-order valence-electron chi connectivity index (χ1n) is 10.8. The second-order valence-electron chi connectivity index (χ2n) is 7.43. The molecule has 4 aromatic rings. The molecule has 0 bridgehead atoms. The van der Waals surface area contributed by atoms with Gasteiger partial charge in [0, 0.05) is 23.2 Å². The number of benzene rings is 2. The van der Waals surface area contributed by atoms with E-state index in [0.29, 0.717) is 51.7 Å². The molecule has 0 aliphatic carbocycles. The monoisotopic (exact) mass is 459 g/mol. The van der Waals surface area contributed by atoms with Gasteiger partial charge in [0.2, 0.25) is 5.55 Å². The van der Waals surface area contributed by atoms with Crippen molar-refractivity contribution in [1.29, 1.82) is 0 Å². The first kappa shape index (κ1) is 23.0. The summed E-state index contributed by atoms with van der Waals surface area (Å²) in [4.78, 5) is 22.3. The molecule has 4 rings (SSSR count). The van der Waals surface area contributed by atoms with E-state index < -0.39 is 5.91 Å². The summed E-state index contributed by atoms with van der Waals surface area (Å²) in [6.07, 6.45) is 1.57. The fraction of sp³-hybridized carbons (Fsp3) is 0.192. The highest BCUT2D eigenvalue weighted by molar-refractivity contribution is 6.06. The second kappa shape index (κ2) is 10.2. The number of aliphatic hydroxyl groups is 1. The molecule has 1 amide bonds. The smallest absolute Gasteiger partial charge is 0.261 e. The van der Waals surface area contributed by atoms with Gasteiger partial charge in [-0.25, -0.2) is 4.99 Å². The summed E-state index contributed by atoms with van der Waals surface area (Å²) in [5.41, 5.74) is 2.97. The third kappa shape index (κ3) is 4.77. The average molecular weight is 460 g/mol. The number of hydrogen-bond donors (Lipinski definition) is 2. The fourth-order valence-electron chi connectivity index (χ4n) is 3.50. The lowest BCUT2D eigenvalue weighted by Gasteiger charge is -2.12. The number of para-hydroxylation sites is 2. The van der Waals surface area contributed by atoms with E-state index in [1.807, 2.05) is 19.1 Å². The second-order valence-corrected chi connectivity index (χ2v) is 7.43. The molecule has 0 unspecified atom stereocenters. The Balaban J connectivity index is 1.90. The van der Waals surface area contributed by atoms with Crippen molar-refractivity contribution in [3.8, 4) is 11.5 Å². The zero-order valence-corrected chi connectivity index (χ0v) is 19.2. The van der Waals surface area contributed by atoms with Crippen molar-refractivity contribution >= 4 is 28.3 Å². The van der Waals surface area contributed by atoms with Crippen molar-refractivity contribution in [2.24, 2.45) is 4.99 Å². The van der Waals surface area contributed by atoms with E-state index >= 15 is 0 Å². The van der Waals surface area contributed by atoms with Gasteiger partial charge in [-0.1, -0.05) is 18.2 Å². The topological polar surface area (TPSA) is 106 Å². The largest absolute Gasteiger partial charge is 0.497 e. The molecule has 8 nitrogen and oxygen atoms in total. The molecule has 0 fully saturated rings. The lowest BCUT2D eigenvalue weighted by Crippen LogP contribution is -2.22. The van der Waals surface area contributed by atoms with Crippen LogP contribution in [0.5, 0.6) is 11.5 Å². The van der Waals surface area contributed by atoms with Crippen LogP contribution in [-0.2, 0) is 6.61 Å². The minimum Gasteiger partial charge on any atom is -0.497 e. The fourth-order valence-corrected chi connectivity index (χ4v) is 3.50. The number of methoxy groups -OCH3 is 1. The van der Waals surface area contributed by atoms with Gasteiger partial charge >= 0.3 is 0 Å². The van der Waals surface area contributed by atoms with Gasteiger partial charge in [-0.05, 0) is 44.2 Å². The number of pyridine rings is 1. The third-order valence-electron chi connectivity index (χ3n) is 5.19. The van der Waals surface area contributed by atoms with E-state index in [1.54, 1.807) is 62.7 Å². The Kier molecular flexibility index (Phi) is 6.89. The van der Waals surface area contributed by atoms with Gasteiger partial charge in [0.25, 0.3) is 5.91 Å². The van der Waals surface area contributed by atoms with Gasteiger partial charge in [-0.3, -0.25) is 9.78 Å². The van der Waals surface area contributed by atoms with Crippen molar-refractivity contribution < 1.29 is 23.8 Å². The van der Waals surface area contributed by atoms with Crippen molar-refractivity contribution in [3.63, 3.8) is 0 Å². The van der Waals surface area contributed by atoms with Gasteiger partial charge in [-0.2, -0.15) is 0 Å². The molecule has 2 aromatic carbocycles. The highest BCUT2D eigenvalue weighted by Gasteiger charge is 2.18. The highest BCUT2D eigenvalue weighted by Crippen LogP contribution is 2.26. The Hall–Kier alpha value is -4.17. The normalized spacial score (nSPS) is 11.5. The molecular formula is C26H25N3O5. The Bertz CT molecular complexity index is 1410. The number of anilines is 1. The number of rotatable bonds is 7. The van der Waals surface area contributed by atoms with E-state index in [9.17, 15) is 9.90 Å².